The Labute approximate surface area is 64.6 Å². The van der Waals surface area contributed by atoms with E-state index in [1.54, 1.807) is 0 Å². The Bertz CT molecular complexity index is 159. The SMILES string of the molecule is CC=C(C)/C(C)=C(/C)CC. The minimum absolute atomic E-state index is 1.16. The van der Waals surface area contributed by atoms with E-state index in [4.69, 9.17) is 0 Å². The molecular weight excluding hydrogens is 120 g/mol. The largest absolute Gasteiger partial charge is 0.0845 e. The first-order valence-electron chi connectivity index (χ1n) is 3.93. The molecule has 0 heteroatoms. The zero-order valence-corrected chi connectivity index (χ0v) is 7.78. The third-order valence-electron chi connectivity index (χ3n) is 2.20. The Morgan fingerprint density at radius 1 is 1.20 bits per heavy atom. The van der Waals surface area contributed by atoms with Crippen LogP contribution in [0.5, 0.6) is 0 Å². The lowest BCUT2D eigenvalue weighted by Crippen LogP contribution is -1.84. The molecule has 10 heavy (non-hydrogen) atoms. The fourth-order valence-electron chi connectivity index (χ4n) is 0.818. The van der Waals surface area contributed by atoms with Crippen molar-refractivity contribution in [1.29, 1.82) is 0 Å². The maximum absolute atomic E-state index is 2.20. The van der Waals surface area contributed by atoms with Gasteiger partial charge in [-0.05, 0) is 39.7 Å². The highest BCUT2D eigenvalue weighted by Crippen LogP contribution is 2.15. The van der Waals surface area contributed by atoms with Crippen molar-refractivity contribution >= 4 is 0 Å². The molecule has 0 aliphatic rings. The van der Waals surface area contributed by atoms with E-state index in [9.17, 15) is 0 Å². The summed E-state index contributed by atoms with van der Waals surface area (Å²) in [7, 11) is 0. The average Bonchev–Trinajstić information content (AvgIpc) is 2.00. The van der Waals surface area contributed by atoms with E-state index in [1.165, 1.54) is 16.7 Å². The van der Waals surface area contributed by atoms with Gasteiger partial charge in [0.15, 0.2) is 0 Å². The number of rotatable bonds is 2. The first-order chi connectivity index (χ1) is 4.63. The Morgan fingerprint density at radius 2 is 1.70 bits per heavy atom. The topological polar surface area (TPSA) is 0 Å². The maximum Gasteiger partial charge on any atom is -0.0346 e. The van der Waals surface area contributed by atoms with Crippen molar-refractivity contribution in [2.24, 2.45) is 0 Å². The van der Waals surface area contributed by atoms with Gasteiger partial charge in [0.05, 0.1) is 0 Å². The second-order valence-electron chi connectivity index (χ2n) is 2.73. The first-order valence-corrected chi connectivity index (χ1v) is 3.93. The number of hydrogen-bond acceptors (Lipinski definition) is 0. The molecule has 0 rings (SSSR count). The standard InChI is InChI=1S/C10H18/c1-6-8(3)10(5)9(4)7-2/h6H,7H2,1-5H3/b8-6?,10-9-. The van der Waals surface area contributed by atoms with Crippen LogP contribution < -0.4 is 0 Å². The first kappa shape index (κ1) is 9.48. The van der Waals surface area contributed by atoms with Gasteiger partial charge in [0, 0.05) is 0 Å². The lowest BCUT2D eigenvalue weighted by molar-refractivity contribution is 1.05. The van der Waals surface area contributed by atoms with Crippen molar-refractivity contribution in [3.05, 3.63) is 22.8 Å². The summed E-state index contributed by atoms with van der Waals surface area (Å²) in [5.74, 6) is 0. The fourth-order valence-corrected chi connectivity index (χ4v) is 0.818. The molecule has 0 atom stereocenters. The van der Waals surface area contributed by atoms with E-state index in [0.717, 1.165) is 6.42 Å². The van der Waals surface area contributed by atoms with E-state index in [0.29, 0.717) is 0 Å². The van der Waals surface area contributed by atoms with E-state index in [2.05, 4.69) is 40.7 Å². The number of allylic oxidation sites excluding steroid dienone is 4. The molecule has 0 spiro atoms. The van der Waals surface area contributed by atoms with Crippen LogP contribution in [0.25, 0.3) is 0 Å². The molecule has 0 unspecified atom stereocenters. The third-order valence-corrected chi connectivity index (χ3v) is 2.20. The predicted molar refractivity (Wildman–Crippen MR) is 48.1 cm³/mol. The Kier molecular flexibility index (Phi) is 4.10. The van der Waals surface area contributed by atoms with Gasteiger partial charge in [-0.1, -0.05) is 24.1 Å². The predicted octanol–water partition coefficient (Wildman–Crippen LogP) is 3.70. The highest BCUT2D eigenvalue weighted by molar-refractivity contribution is 5.30. The van der Waals surface area contributed by atoms with Crippen LogP contribution in [-0.2, 0) is 0 Å². The molecule has 0 aliphatic carbocycles. The zero-order chi connectivity index (χ0) is 8.15. The molecule has 0 bridgehead atoms. The van der Waals surface area contributed by atoms with Crippen LogP contribution in [0.3, 0.4) is 0 Å². The van der Waals surface area contributed by atoms with Crippen LogP contribution in [-0.4, -0.2) is 0 Å². The van der Waals surface area contributed by atoms with Crippen molar-refractivity contribution in [3.63, 3.8) is 0 Å². The molecule has 0 saturated heterocycles. The average molecular weight is 138 g/mol. The van der Waals surface area contributed by atoms with Crippen molar-refractivity contribution in [3.8, 4) is 0 Å². The van der Waals surface area contributed by atoms with Gasteiger partial charge in [0.25, 0.3) is 0 Å². The summed E-state index contributed by atoms with van der Waals surface area (Å²) in [6.45, 7) is 10.8. The summed E-state index contributed by atoms with van der Waals surface area (Å²) in [4.78, 5) is 0. The fraction of sp³-hybridized carbons (Fsp3) is 0.600. The second-order valence-corrected chi connectivity index (χ2v) is 2.73. The monoisotopic (exact) mass is 138 g/mol. The number of hydrogen-bond donors (Lipinski definition) is 0. The summed E-state index contributed by atoms with van der Waals surface area (Å²) in [5, 5.41) is 0. The molecule has 0 saturated carbocycles. The van der Waals surface area contributed by atoms with Crippen molar-refractivity contribution in [2.45, 2.75) is 41.0 Å². The quantitative estimate of drug-likeness (QED) is 0.510. The Hall–Kier alpha value is -0.520. The van der Waals surface area contributed by atoms with Crippen LogP contribution in [0.15, 0.2) is 22.8 Å². The van der Waals surface area contributed by atoms with E-state index >= 15 is 0 Å². The van der Waals surface area contributed by atoms with Crippen LogP contribution in [0, 0.1) is 0 Å². The molecule has 0 aromatic heterocycles. The van der Waals surface area contributed by atoms with Gasteiger partial charge in [-0.3, -0.25) is 0 Å². The smallest absolute Gasteiger partial charge is 0.0346 e. The Morgan fingerprint density at radius 3 is 2.00 bits per heavy atom. The summed E-state index contributed by atoms with van der Waals surface area (Å²) in [6.07, 6.45) is 3.32. The van der Waals surface area contributed by atoms with E-state index in [1.807, 2.05) is 0 Å². The molecule has 0 fully saturated rings. The van der Waals surface area contributed by atoms with Crippen LogP contribution in [0.1, 0.15) is 41.0 Å². The molecule has 0 aromatic carbocycles. The minimum Gasteiger partial charge on any atom is -0.0845 e. The highest BCUT2D eigenvalue weighted by atomic mass is 14.0. The van der Waals surface area contributed by atoms with Gasteiger partial charge in [-0.25, -0.2) is 0 Å². The molecule has 0 radical (unpaired) electrons. The summed E-state index contributed by atoms with van der Waals surface area (Å²) in [6, 6.07) is 0. The highest BCUT2D eigenvalue weighted by Gasteiger charge is 1.94. The molecule has 0 N–H and O–H groups in total. The molecule has 58 valence electrons. The van der Waals surface area contributed by atoms with Crippen molar-refractivity contribution < 1.29 is 0 Å². The molecule has 0 heterocycles. The van der Waals surface area contributed by atoms with Crippen molar-refractivity contribution in [1.82, 2.24) is 0 Å². The summed E-state index contributed by atoms with van der Waals surface area (Å²) < 4.78 is 0. The van der Waals surface area contributed by atoms with Crippen LogP contribution in [0.2, 0.25) is 0 Å². The second kappa shape index (κ2) is 4.32. The van der Waals surface area contributed by atoms with Crippen LogP contribution in [0.4, 0.5) is 0 Å². The lowest BCUT2D eigenvalue weighted by Gasteiger charge is -2.04. The third kappa shape index (κ3) is 2.38. The van der Waals surface area contributed by atoms with E-state index in [-0.39, 0.29) is 0 Å². The Balaban J connectivity index is 4.46. The van der Waals surface area contributed by atoms with Gasteiger partial charge in [-0.2, -0.15) is 0 Å². The molecule has 0 aromatic rings. The lowest BCUT2D eigenvalue weighted by atomic mass is 10.0. The minimum atomic E-state index is 1.16. The van der Waals surface area contributed by atoms with Gasteiger partial charge < -0.3 is 0 Å². The normalized spacial score (nSPS) is 15.1. The summed E-state index contributed by atoms with van der Waals surface area (Å²) >= 11 is 0. The molecular formula is C10H18. The molecule has 0 nitrogen and oxygen atoms in total. The molecule has 0 aliphatic heterocycles. The maximum atomic E-state index is 2.20. The van der Waals surface area contributed by atoms with Gasteiger partial charge in [0.1, 0.15) is 0 Å². The summed E-state index contributed by atoms with van der Waals surface area (Å²) in [5.41, 5.74) is 4.35. The molecule has 0 amide bonds. The van der Waals surface area contributed by atoms with Crippen molar-refractivity contribution in [2.75, 3.05) is 0 Å². The van der Waals surface area contributed by atoms with Gasteiger partial charge in [0.2, 0.25) is 0 Å². The van der Waals surface area contributed by atoms with Crippen LogP contribution >= 0.6 is 0 Å². The van der Waals surface area contributed by atoms with Gasteiger partial charge >= 0.3 is 0 Å². The zero-order valence-electron chi connectivity index (χ0n) is 7.78. The van der Waals surface area contributed by atoms with E-state index < -0.39 is 0 Å². The van der Waals surface area contributed by atoms with Gasteiger partial charge in [-0.15, -0.1) is 0 Å².